The second-order valence-corrected chi connectivity index (χ2v) is 9.88. The normalized spacial score (nSPS) is 11.8. The lowest BCUT2D eigenvalue weighted by Crippen LogP contribution is -2.13. The van der Waals surface area contributed by atoms with E-state index >= 15 is 0 Å². The summed E-state index contributed by atoms with van der Waals surface area (Å²) in [6.45, 7) is 0.313. The number of rotatable bonds is 6. The Balaban J connectivity index is 1.31. The highest BCUT2D eigenvalue weighted by Crippen LogP contribution is 2.35. The van der Waals surface area contributed by atoms with Crippen molar-refractivity contribution in [2.24, 2.45) is 7.05 Å². The third kappa shape index (κ3) is 4.10. The van der Waals surface area contributed by atoms with Gasteiger partial charge in [0.2, 0.25) is 0 Å². The van der Waals surface area contributed by atoms with Crippen molar-refractivity contribution >= 4 is 60.8 Å². The lowest BCUT2D eigenvalue weighted by Gasteiger charge is -2.11. The Morgan fingerprint density at radius 2 is 1.85 bits per heavy atom. The van der Waals surface area contributed by atoms with Crippen molar-refractivity contribution < 1.29 is 13.2 Å². The van der Waals surface area contributed by atoms with Gasteiger partial charge in [0.15, 0.2) is 0 Å². The molecule has 0 aliphatic heterocycles. The molecule has 0 fully saturated rings. The van der Waals surface area contributed by atoms with Gasteiger partial charge in [-0.1, -0.05) is 34.5 Å². The average Bonchev–Trinajstić information content (AvgIpc) is 3.38. The van der Waals surface area contributed by atoms with E-state index in [-0.39, 0.29) is 4.90 Å². The summed E-state index contributed by atoms with van der Waals surface area (Å²) >= 11 is 12.3. The number of halogens is 2. The van der Waals surface area contributed by atoms with E-state index in [1.54, 1.807) is 35.1 Å². The van der Waals surface area contributed by atoms with Gasteiger partial charge in [0.25, 0.3) is 10.0 Å². The monoisotopic (exact) mass is 501 g/mol. The molecule has 2 heterocycles. The fraction of sp³-hybridized carbons (Fsp3) is 0.0909. The molecular formula is C22H17Cl2N5O3S. The van der Waals surface area contributed by atoms with E-state index in [9.17, 15) is 8.42 Å². The van der Waals surface area contributed by atoms with Gasteiger partial charge in [-0.25, -0.2) is 13.1 Å². The molecule has 0 atom stereocenters. The highest BCUT2D eigenvalue weighted by atomic mass is 35.5. The van der Waals surface area contributed by atoms with Gasteiger partial charge >= 0.3 is 0 Å². The van der Waals surface area contributed by atoms with Gasteiger partial charge in [-0.3, -0.25) is 4.72 Å². The molecule has 11 heteroatoms. The Morgan fingerprint density at radius 1 is 1.06 bits per heavy atom. The quantitative estimate of drug-likeness (QED) is 0.335. The minimum Gasteiger partial charge on any atom is -0.489 e. The van der Waals surface area contributed by atoms with E-state index in [1.807, 2.05) is 25.2 Å². The Bertz CT molecular complexity index is 1590. The number of aryl methyl sites for hydroxylation is 1. The molecular weight excluding hydrogens is 485 g/mol. The van der Waals surface area contributed by atoms with E-state index in [2.05, 4.69) is 20.0 Å². The zero-order valence-corrected chi connectivity index (χ0v) is 19.5. The Morgan fingerprint density at radius 3 is 2.64 bits per heavy atom. The van der Waals surface area contributed by atoms with E-state index in [4.69, 9.17) is 27.9 Å². The smallest absolute Gasteiger partial charge is 0.261 e. The number of benzene rings is 3. The molecule has 0 saturated carbocycles. The van der Waals surface area contributed by atoms with Crippen LogP contribution in [0.1, 0.15) is 5.56 Å². The number of H-pyrrole nitrogens is 1. The molecule has 0 bridgehead atoms. The summed E-state index contributed by atoms with van der Waals surface area (Å²) in [5.74, 6) is 0.540. The summed E-state index contributed by atoms with van der Waals surface area (Å²) in [5.41, 5.74) is 3.50. The van der Waals surface area contributed by atoms with Gasteiger partial charge in [0.1, 0.15) is 17.9 Å². The van der Waals surface area contributed by atoms with E-state index < -0.39 is 10.0 Å². The summed E-state index contributed by atoms with van der Waals surface area (Å²) in [7, 11) is -2.01. The first-order chi connectivity index (χ1) is 15.8. The van der Waals surface area contributed by atoms with Crippen molar-refractivity contribution in [3.05, 3.63) is 76.4 Å². The summed E-state index contributed by atoms with van der Waals surface area (Å²) in [6, 6.07) is 15.1. The molecule has 8 nitrogen and oxygen atoms in total. The first kappa shape index (κ1) is 21.6. The molecule has 0 unspecified atom stereocenters. The maximum Gasteiger partial charge on any atom is 0.261 e. The predicted molar refractivity (Wildman–Crippen MR) is 128 cm³/mol. The summed E-state index contributed by atoms with van der Waals surface area (Å²) < 4.78 is 35.9. The summed E-state index contributed by atoms with van der Waals surface area (Å²) in [4.78, 5) is 3.05. The second kappa shape index (κ2) is 8.26. The first-order valence-electron chi connectivity index (χ1n) is 9.81. The highest BCUT2D eigenvalue weighted by molar-refractivity contribution is 7.92. The third-order valence-electron chi connectivity index (χ3n) is 5.20. The standard InChI is InChI=1S/C22H17Cl2N5O3S/c1-29-20-9-2-13(10-19(20)26-28-29)12-32-14-3-5-15(6-4-14)33(30,31)27-18-8-7-16(23)21-17(24)11-25-22(18)21/h2-11,25,27H,12H2,1H3. The van der Waals surface area contributed by atoms with Crippen LogP contribution in [0.4, 0.5) is 5.69 Å². The van der Waals surface area contributed by atoms with E-state index in [1.165, 1.54) is 12.1 Å². The largest absolute Gasteiger partial charge is 0.489 e. The van der Waals surface area contributed by atoms with Crippen LogP contribution >= 0.6 is 23.2 Å². The van der Waals surface area contributed by atoms with Crippen LogP contribution in [0.5, 0.6) is 5.75 Å². The molecule has 2 aromatic heterocycles. The van der Waals surface area contributed by atoms with Gasteiger partial charge in [0, 0.05) is 18.6 Å². The van der Waals surface area contributed by atoms with Crippen molar-refractivity contribution in [3.8, 4) is 5.75 Å². The zero-order chi connectivity index (χ0) is 23.2. The van der Waals surface area contributed by atoms with E-state index in [0.29, 0.717) is 39.0 Å². The van der Waals surface area contributed by atoms with Crippen LogP contribution in [0.3, 0.4) is 0 Å². The highest BCUT2D eigenvalue weighted by Gasteiger charge is 2.18. The minimum atomic E-state index is -3.84. The maximum atomic E-state index is 12.9. The molecule has 3 aromatic carbocycles. The number of aromatic nitrogens is 4. The molecule has 0 radical (unpaired) electrons. The molecule has 0 aliphatic rings. The molecule has 0 saturated heterocycles. The number of sulfonamides is 1. The fourth-order valence-corrected chi connectivity index (χ4v) is 5.15. The van der Waals surface area contributed by atoms with Crippen LogP contribution in [0.15, 0.2) is 65.7 Å². The molecule has 168 valence electrons. The van der Waals surface area contributed by atoms with Gasteiger partial charge in [-0.2, -0.15) is 0 Å². The molecule has 0 amide bonds. The number of hydrogen-bond donors (Lipinski definition) is 2. The predicted octanol–water partition coefficient (Wildman–Crippen LogP) is 5.14. The van der Waals surface area contributed by atoms with Crippen LogP contribution in [-0.2, 0) is 23.7 Å². The van der Waals surface area contributed by atoms with Crippen molar-refractivity contribution in [2.75, 3.05) is 4.72 Å². The van der Waals surface area contributed by atoms with Gasteiger partial charge in [0.05, 0.1) is 31.7 Å². The Kier molecular flexibility index (Phi) is 5.40. The molecule has 0 aliphatic carbocycles. The van der Waals surface area contributed by atoms with Crippen molar-refractivity contribution in [3.63, 3.8) is 0 Å². The third-order valence-corrected chi connectivity index (χ3v) is 7.19. The fourth-order valence-electron chi connectivity index (χ4n) is 3.51. The van der Waals surface area contributed by atoms with Gasteiger partial charge in [-0.15, -0.1) is 5.10 Å². The molecule has 5 rings (SSSR count). The van der Waals surface area contributed by atoms with Crippen molar-refractivity contribution in [1.82, 2.24) is 20.0 Å². The van der Waals surface area contributed by atoms with Gasteiger partial charge < -0.3 is 9.72 Å². The Hall–Kier alpha value is -3.27. The number of fused-ring (bicyclic) bond motifs is 2. The number of hydrogen-bond acceptors (Lipinski definition) is 5. The number of aromatic amines is 1. The number of nitrogens with one attached hydrogen (secondary N) is 2. The molecule has 33 heavy (non-hydrogen) atoms. The molecule has 0 spiro atoms. The summed E-state index contributed by atoms with van der Waals surface area (Å²) in [6.07, 6.45) is 1.56. The van der Waals surface area contributed by atoms with Crippen LogP contribution < -0.4 is 9.46 Å². The summed E-state index contributed by atoms with van der Waals surface area (Å²) in [5, 5.41) is 9.49. The average molecular weight is 502 g/mol. The van der Waals surface area contributed by atoms with Gasteiger partial charge in [-0.05, 0) is 54.1 Å². The Labute approximate surface area is 199 Å². The zero-order valence-electron chi connectivity index (χ0n) is 17.2. The number of nitrogens with zero attached hydrogens (tertiary/aromatic N) is 3. The van der Waals surface area contributed by atoms with Crippen molar-refractivity contribution in [1.29, 1.82) is 0 Å². The molecule has 2 N–H and O–H groups in total. The van der Waals surface area contributed by atoms with Crippen molar-refractivity contribution in [2.45, 2.75) is 11.5 Å². The number of anilines is 1. The van der Waals surface area contributed by atoms with Crippen LogP contribution in [-0.4, -0.2) is 28.4 Å². The van der Waals surface area contributed by atoms with E-state index in [0.717, 1.165) is 16.6 Å². The van der Waals surface area contributed by atoms with Crippen LogP contribution in [0.2, 0.25) is 10.0 Å². The topological polar surface area (TPSA) is 102 Å². The van der Waals surface area contributed by atoms with Crippen LogP contribution in [0.25, 0.3) is 21.9 Å². The lowest BCUT2D eigenvalue weighted by atomic mass is 10.2. The van der Waals surface area contributed by atoms with Crippen LogP contribution in [0, 0.1) is 0 Å². The molecule has 5 aromatic rings. The lowest BCUT2D eigenvalue weighted by molar-refractivity contribution is 0.306. The minimum absolute atomic E-state index is 0.0941. The SMILES string of the molecule is Cn1nnc2cc(COc3ccc(S(=O)(=O)Nc4ccc(Cl)c5c(Cl)c[nH]c45)cc3)ccc21. The number of ether oxygens (including phenoxy) is 1. The maximum absolute atomic E-state index is 12.9. The second-order valence-electron chi connectivity index (χ2n) is 7.38. The first-order valence-corrected chi connectivity index (χ1v) is 12.0.